The first-order chi connectivity index (χ1) is 9.45. The lowest BCUT2D eigenvalue weighted by atomic mass is 10.2. The van der Waals surface area contributed by atoms with Crippen molar-refractivity contribution < 1.29 is 17.9 Å². The van der Waals surface area contributed by atoms with Crippen LogP contribution in [0.5, 0.6) is 0 Å². The summed E-state index contributed by atoms with van der Waals surface area (Å²) in [5.41, 5.74) is 0. The lowest BCUT2D eigenvalue weighted by molar-refractivity contribution is -0.140. The van der Waals surface area contributed by atoms with E-state index in [1.165, 1.54) is 25.6 Å². The Hall–Kier alpha value is -0.990. The number of methoxy groups -OCH3 is 1. The summed E-state index contributed by atoms with van der Waals surface area (Å²) in [6, 6.07) is 1.49. The molecule has 0 fully saturated rings. The molecular weight excluding hydrogens is 348 g/mol. The minimum atomic E-state index is -3.53. The van der Waals surface area contributed by atoms with Gasteiger partial charge in [0.1, 0.15) is 4.90 Å². The van der Waals surface area contributed by atoms with Gasteiger partial charge >= 0.3 is 5.97 Å². The summed E-state index contributed by atoms with van der Waals surface area (Å²) in [4.78, 5) is 14.8. The summed E-state index contributed by atoms with van der Waals surface area (Å²) in [6.07, 6.45) is 5.29. The van der Waals surface area contributed by atoms with Gasteiger partial charge in [-0.15, -0.1) is 0 Å². The molecule has 0 aliphatic carbocycles. The topological polar surface area (TPSA) is 85.4 Å². The van der Waals surface area contributed by atoms with Crippen LogP contribution in [0.15, 0.2) is 27.8 Å². The molecule has 0 aromatic carbocycles. The molecule has 6 nitrogen and oxygen atoms in total. The standard InChI is InChI=1S/C12H17BrN2O4S/c1-19-12(16)5-3-2-4-6-15-20(17,18)11-7-10(13)8-14-9-11/h7-9,15H,2-6H2,1H3. The largest absolute Gasteiger partial charge is 0.469 e. The van der Waals surface area contributed by atoms with Crippen molar-refractivity contribution in [2.45, 2.75) is 30.6 Å². The predicted molar refractivity (Wildman–Crippen MR) is 77.6 cm³/mol. The Morgan fingerprint density at radius 1 is 1.35 bits per heavy atom. The number of ether oxygens (including phenoxy) is 1. The SMILES string of the molecule is COC(=O)CCCCCNS(=O)(=O)c1cncc(Br)c1. The number of sulfonamides is 1. The maximum atomic E-state index is 11.9. The molecule has 0 spiro atoms. The number of nitrogens with zero attached hydrogens (tertiary/aromatic N) is 1. The quantitative estimate of drug-likeness (QED) is 0.561. The molecule has 1 heterocycles. The van der Waals surface area contributed by atoms with Crippen molar-refractivity contribution >= 4 is 31.9 Å². The minimum absolute atomic E-state index is 0.126. The zero-order valence-corrected chi connectivity index (χ0v) is 13.5. The van der Waals surface area contributed by atoms with Crippen molar-refractivity contribution in [3.63, 3.8) is 0 Å². The van der Waals surface area contributed by atoms with E-state index in [2.05, 4.69) is 30.4 Å². The number of esters is 1. The van der Waals surface area contributed by atoms with E-state index >= 15 is 0 Å². The first kappa shape index (κ1) is 17.1. The van der Waals surface area contributed by atoms with Crippen LogP contribution in [0, 0.1) is 0 Å². The van der Waals surface area contributed by atoms with Crippen molar-refractivity contribution in [3.05, 3.63) is 22.9 Å². The number of rotatable bonds is 8. The molecule has 112 valence electrons. The molecule has 1 N–H and O–H groups in total. The maximum Gasteiger partial charge on any atom is 0.305 e. The summed E-state index contributed by atoms with van der Waals surface area (Å²) < 4.78 is 31.5. The highest BCUT2D eigenvalue weighted by Crippen LogP contribution is 2.14. The molecule has 8 heteroatoms. The van der Waals surface area contributed by atoms with E-state index < -0.39 is 10.0 Å². The van der Waals surface area contributed by atoms with Gasteiger partial charge in [0.15, 0.2) is 0 Å². The number of hydrogen-bond acceptors (Lipinski definition) is 5. The van der Waals surface area contributed by atoms with Crippen LogP contribution in [0.25, 0.3) is 0 Å². The fourth-order valence-corrected chi connectivity index (χ4v) is 3.08. The monoisotopic (exact) mass is 364 g/mol. The minimum Gasteiger partial charge on any atom is -0.469 e. The molecule has 0 amide bonds. The van der Waals surface area contributed by atoms with Crippen LogP contribution >= 0.6 is 15.9 Å². The Morgan fingerprint density at radius 2 is 2.10 bits per heavy atom. The second-order valence-electron chi connectivity index (χ2n) is 4.12. The van der Waals surface area contributed by atoms with Crippen LogP contribution in [0.3, 0.4) is 0 Å². The average Bonchev–Trinajstić information content (AvgIpc) is 2.42. The Labute approximate surface area is 127 Å². The molecule has 0 aliphatic rings. The Morgan fingerprint density at radius 3 is 2.75 bits per heavy atom. The second kappa shape index (κ2) is 8.33. The van der Waals surface area contributed by atoms with E-state index in [0.29, 0.717) is 30.3 Å². The average molecular weight is 365 g/mol. The molecule has 0 bridgehead atoms. The molecule has 1 aromatic heterocycles. The highest BCUT2D eigenvalue weighted by atomic mass is 79.9. The normalized spacial score (nSPS) is 11.3. The maximum absolute atomic E-state index is 11.9. The van der Waals surface area contributed by atoms with Gasteiger partial charge in [0, 0.05) is 29.8 Å². The number of halogens is 1. The predicted octanol–water partition coefficient (Wildman–Crippen LogP) is 1.86. The lowest BCUT2D eigenvalue weighted by Crippen LogP contribution is -2.25. The number of pyridine rings is 1. The number of carbonyl (C=O) groups excluding carboxylic acids is 1. The van der Waals surface area contributed by atoms with Crippen molar-refractivity contribution in [3.8, 4) is 0 Å². The van der Waals surface area contributed by atoms with Gasteiger partial charge in [0.2, 0.25) is 10.0 Å². The summed E-state index contributed by atoms with van der Waals surface area (Å²) in [5, 5.41) is 0. The van der Waals surface area contributed by atoms with Crippen molar-refractivity contribution in [2.24, 2.45) is 0 Å². The molecule has 20 heavy (non-hydrogen) atoms. The molecule has 0 radical (unpaired) electrons. The van der Waals surface area contributed by atoms with Gasteiger partial charge in [-0.05, 0) is 34.8 Å². The van der Waals surface area contributed by atoms with Crippen molar-refractivity contribution in [1.29, 1.82) is 0 Å². The van der Waals surface area contributed by atoms with Crippen LogP contribution in [0.2, 0.25) is 0 Å². The second-order valence-corrected chi connectivity index (χ2v) is 6.81. The van der Waals surface area contributed by atoms with E-state index in [4.69, 9.17) is 0 Å². The van der Waals surface area contributed by atoms with E-state index in [-0.39, 0.29) is 10.9 Å². The van der Waals surface area contributed by atoms with Crippen LogP contribution in [0.1, 0.15) is 25.7 Å². The van der Waals surface area contributed by atoms with Crippen molar-refractivity contribution in [2.75, 3.05) is 13.7 Å². The molecule has 0 saturated heterocycles. The lowest BCUT2D eigenvalue weighted by Gasteiger charge is -2.06. The summed E-state index contributed by atoms with van der Waals surface area (Å²) in [6.45, 7) is 0.329. The van der Waals surface area contributed by atoms with Crippen LogP contribution in [-0.2, 0) is 19.6 Å². The third-order valence-corrected chi connectivity index (χ3v) is 4.43. The van der Waals surface area contributed by atoms with Crippen LogP contribution in [0.4, 0.5) is 0 Å². The Bertz CT molecular complexity index is 548. The van der Waals surface area contributed by atoms with Gasteiger partial charge in [0.05, 0.1) is 7.11 Å². The zero-order chi connectivity index (χ0) is 15.0. The first-order valence-corrected chi connectivity index (χ1v) is 8.40. The molecule has 0 aliphatic heterocycles. The fourth-order valence-electron chi connectivity index (χ4n) is 1.50. The number of carbonyl (C=O) groups is 1. The molecule has 0 atom stereocenters. The van der Waals surface area contributed by atoms with Crippen LogP contribution < -0.4 is 4.72 Å². The van der Waals surface area contributed by atoms with E-state index in [1.54, 1.807) is 0 Å². The number of aromatic nitrogens is 1. The number of nitrogens with one attached hydrogen (secondary N) is 1. The first-order valence-electron chi connectivity index (χ1n) is 6.13. The number of hydrogen-bond donors (Lipinski definition) is 1. The van der Waals surface area contributed by atoms with E-state index in [9.17, 15) is 13.2 Å². The highest BCUT2D eigenvalue weighted by Gasteiger charge is 2.13. The zero-order valence-electron chi connectivity index (χ0n) is 11.1. The molecule has 0 unspecified atom stereocenters. The Kier molecular flexibility index (Phi) is 7.11. The van der Waals surface area contributed by atoms with Gasteiger partial charge in [-0.3, -0.25) is 9.78 Å². The third-order valence-electron chi connectivity index (χ3n) is 2.57. The summed E-state index contributed by atoms with van der Waals surface area (Å²) >= 11 is 3.18. The van der Waals surface area contributed by atoms with E-state index in [1.807, 2.05) is 0 Å². The molecular formula is C12H17BrN2O4S. The smallest absolute Gasteiger partial charge is 0.305 e. The van der Waals surface area contributed by atoms with Gasteiger partial charge in [-0.1, -0.05) is 6.42 Å². The highest BCUT2D eigenvalue weighted by molar-refractivity contribution is 9.10. The molecule has 0 saturated carbocycles. The third kappa shape index (κ3) is 5.98. The Balaban J connectivity index is 2.32. The van der Waals surface area contributed by atoms with Gasteiger partial charge in [-0.25, -0.2) is 13.1 Å². The summed E-state index contributed by atoms with van der Waals surface area (Å²) in [7, 11) is -2.18. The molecule has 1 aromatic rings. The van der Waals surface area contributed by atoms with Crippen molar-refractivity contribution in [1.82, 2.24) is 9.71 Å². The molecule has 1 rings (SSSR count). The number of unbranched alkanes of at least 4 members (excludes halogenated alkanes) is 2. The fraction of sp³-hybridized carbons (Fsp3) is 0.500. The van der Waals surface area contributed by atoms with Gasteiger partial charge in [-0.2, -0.15) is 0 Å². The van der Waals surface area contributed by atoms with Gasteiger partial charge < -0.3 is 4.74 Å². The van der Waals surface area contributed by atoms with Crippen LogP contribution in [-0.4, -0.2) is 33.0 Å². The van der Waals surface area contributed by atoms with E-state index in [0.717, 1.165) is 6.42 Å². The summed E-state index contributed by atoms with van der Waals surface area (Å²) in [5.74, 6) is -0.245. The van der Waals surface area contributed by atoms with Gasteiger partial charge in [0.25, 0.3) is 0 Å².